The third-order valence-electron chi connectivity index (χ3n) is 3.82. The molecule has 0 radical (unpaired) electrons. The molecule has 1 N–H and O–H groups in total. The van der Waals surface area contributed by atoms with Crippen LogP contribution in [0.5, 0.6) is 0 Å². The Labute approximate surface area is 125 Å². The van der Waals surface area contributed by atoms with Crippen molar-refractivity contribution < 1.29 is 9.18 Å². The van der Waals surface area contributed by atoms with Crippen LogP contribution < -0.4 is 10.2 Å². The summed E-state index contributed by atoms with van der Waals surface area (Å²) in [7, 11) is 0. The molecule has 1 heterocycles. The van der Waals surface area contributed by atoms with E-state index in [-0.39, 0.29) is 11.8 Å². The van der Waals surface area contributed by atoms with Crippen LogP contribution in [0.1, 0.15) is 26.2 Å². The van der Waals surface area contributed by atoms with Crippen molar-refractivity contribution in [3.05, 3.63) is 30.1 Å². The first-order valence-electron chi connectivity index (χ1n) is 7.74. The number of hydrogen-bond donors (Lipinski definition) is 1. The number of nitrogens with one attached hydrogen (secondary N) is 1. The second kappa shape index (κ2) is 7.86. The van der Waals surface area contributed by atoms with Crippen molar-refractivity contribution in [2.45, 2.75) is 26.2 Å². The average Bonchev–Trinajstić information content (AvgIpc) is 2.52. The van der Waals surface area contributed by atoms with Gasteiger partial charge in [0.1, 0.15) is 5.82 Å². The number of hydrogen-bond acceptors (Lipinski definition) is 2. The van der Waals surface area contributed by atoms with Crippen molar-refractivity contribution in [3.8, 4) is 0 Å². The molecule has 1 fully saturated rings. The highest BCUT2D eigenvalue weighted by Gasteiger charge is 2.20. The zero-order valence-corrected chi connectivity index (χ0v) is 12.6. The number of carbonyl (C=O) groups is 1. The van der Waals surface area contributed by atoms with Gasteiger partial charge in [0.2, 0.25) is 0 Å². The smallest absolute Gasteiger partial charge is 0.317 e. The first-order chi connectivity index (χ1) is 10.2. The summed E-state index contributed by atoms with van der Waals surface area (Å²) in [5.74, 6) is -0.219. The summed E-state index contributed by atoms with van der Waals surface area (Å²) in [6, 6.07) is 6.56. The van der Waals surface area contributed by atoms with Crippen LogP contribution in [-0.4, -0.2) is 43.7 Å². The summed E-state index contributed by atoms with van der Waals surface area (Å²) >= 11 is 0. The van der Waals surface area contributed by atoms with Gasteiger partial charge in [0.15, 0.2) is 0 Å². The lowest BCUT2D eigenvalue weighted by Gasteiger charge is -2.36. The number of amides is 2. The Bertz CT molecular complexity index is 441. The number of benzene rings is 1. The highest BCUT2D eigenvalue weighted by Crippen LogP contribution is 2.16. The van der Waals surface area contributed by atoms with E-state index in [1.54, 1.807) is 12.1 Å². The molecule has 21 heavy (non-hydrogen) atoms. The van der Waals surface area contributed by atoms with Gasteiger partial charge in [0.05, 0.1) is 0 Å². The van der Waals surface area contributed by atoms with Crippen molar-refractivity contribution in [2.75, 3.05) is 37.6 Å². The van der Waals surface area contributed by atoms with Crippen LogP contribution in [0.25, 0.3) is 0 Å². The number of anilines is 1. The quantitative estimate of drug-likeness (QED) is 0.847. The molecular formula is C16H24FN3O. The van der Waals surface area contributed by atoms with Crippen LogP contribution in [0.3, 0.4) is 0 Å². The lowest BCUT2D eigenvalue weighted by molar-refractivity contribution is 0.194. The van der Waals surface area contributed by atoms with Gasteiger partial charge in [-0.05, 0) is 30.7 Å². The van der Waals surface area contributed by atoms with E-state index >= 15 is 0 Å². The van der Waals surface area contributed by atoms with Gasteiger partial charge in [-0.3, -0.25) is 0 Å². The minimum absolute atomic E-state index is 0.0323. The molecule has 0 bridgehead atoms. The summed E-state index contributed by atoms with van der Waals surface area (Å²) in [6.45, 7) is 5.89. The number of nitrogens with zero attached hydrogens (tertiary/aromatic N) is 2. The minimum Gasteiger partial charge on any atom is -0.368 e. The van der Waals surface area contributed by atoms with E-state index in [0.717, 1.165) is 44.6 Å². The van der Waals surface area contributed by atoms with Crippen LogP contribution in [0.2, 0.25) is 0 Å². The minimum atomic E-state index is -0.219. The van der Waals surface area contributed by atoms with Crippen molar-refractivity contribution in [3.63, 3.8) is 0 Å². The molecule has 2 rings (SSSR count). The molecule has 1 saturated heterocycles. The Morgan fingerprint density at radius 2 is 1.81 bits per heavy atom. The number of carbonyl (C=O) groups excluding carboxylic acids is 1. The summed E-state index contributed by atoms with van der Waals surface area (Å²) in [4.78, 5) is 16.0. The van der Waals surface area contributed by atoms with Gasteiger partial charge >= 0.3 is 6.03 Å². The van der Waals surface area contributed by atoms with Crippen LogP contribution in [0.15, 0.2) is 24.3 Å². The molecule has 1 aromatic carbocycles. The van der Waals surface area contributed by atoms with Gasteiger partial charge in [-0.1, -0.05) is 19.8 Å². The molecule has 0 aliphatic carbocycles. The van der Waals surface area contributed by atoms with E-state index in [4.69, 9.17) is 0 Å². The summed E-state index contributed by atoms with van der Waals surface area (Å²) in [5, 5.41) is 2.97. The molecule has 2 amide bonds. The number of rotatable bonds is 5. The van der Waals surface area contributed by atoms with Gasteiger partial charge in [0.25, 0.3) is 0 Å². The van der Waals surface area contributed by atoms with Crippen molar-refractivity contribution >= 4 is 11.7 Å². The summed E-state index contributed by atoms with van der Waals surface area (Å²) in [6.07, 6.45) is 3.35. The Kier molecular flexibility index (Phi) is 5.84. The molecule has 1 aliphatic rings. The van der Waals surface area contributed by atoms with Crippen LogP contribution >= 0.6 is 0 Å². The third-order valence-corrected chi connectivity index (χ3v) is 3.82. The SMILES string of the molecule is CCCCCNC(=O)N1CCN(c2ccc(F)cc2)CC1. The topological polar surface area (TPSA) is 35.6 Å². The highest BCUT2D eigenvalue weighted by molar-refractivity contribution is 5.74. The van der Waals surface area contributed by atoms with E-state index in [9.17, 15) is 9.18 Å². The zero-order chi connectivity index (χ0) is 15.1. The summed E-state index contributed by atoms with van der Waals surface area (Å²) in [5.41, 5.74) is 1.01. The van der Waals surface area contributed by atoms with E-state index < -0.39 is 0 Å². The fraction of sp³-hybridized carbons (Fsp3) is 0.562. The predicted octanol–water partition coefficient (Wildman–Crippen LogP) is 2.85. The lowest BCUT2D eigenvalue weighted by Crippen LogP contribution is -2.52. The van der Waals surface area contributed by atoms with E-state index in [0.29, 0.717) is 13.1 Å². The average molecular weight is 293 g/mol. The van der Waals surface area contributed by atoms with Gasteiger partial charge < -0.3 is 15.1 Å². The largest absolute Gasteiger partial charge is 0.368 e. The Morgan fingerprint density at radius 3 is 2.43 bits per heavy atom. The molecule has 5 heteroatoms. The maximum Gasteiger partial charge on any atom is 0.317 e. The number of unbranched alkanes of at least 4 members (excludes halogenated alkanes) is 2. The van der Waals surface area contributed by atoms with Crippen molar-refractivity contribution in [1.29, 1.82) is 0 Å². The van der Waals surface area contributed by atoms with Crippen LogP contribution in [0, 0.1) is 5.82 Å². The first-order valence-corrected chi connectivity index (χ1v) is 7.74. The fourth-order valence-corrected chi connectivity index (χ4v) is 2.50. The van der Waals surface area contributed by atoms with Crippen LogP contribution in [0.4, 0.5) is 14.9 Å². The highest BCUT2D eigenvalue weighted by atomic mass is 19.1. The summed E-state index contributed by atoms with van der Waals surface area (Å²) < 4.78 is 12.9. The monoisotopic (exact) mass is 293 g/mol. The Balaban J connectivity index is 1.75. The molecule has 0 atom stereocenters. The second-order valence-corrected chi connectivity index (χ2v) is 5.39. The van der Waals surface area contributed by atoms with Gasteiger partial charge in [-0.25, -0.2) is 9.18 Å². The second-order valence-electron chi connectivity index (χ2n) is 5.39. The predicted molar refractivity (Wildman–Crippen MR) is 83.1 cm³/mol. The molecule has 0 unspecified atom stereocenters. The normalized spacial score (nSPS) is 15.1. The molecule has 1 aromatic rings. The molecule has 116 valence electrons. The molecule has 0 spiro atoms. The van der Waals surface area contributed by atoms with Crippen molar-refractivity contribution in [1.82, 2.24) is 10.2 Å². The fourth-order valence-electron chi connectivity index (χ4n) is 2.50. The Morgan fingerprint density at radius 1 is 1.14 bits per heavy atom. The maximum atomic E-state index is 12.9. The standard InChI is InChI=1S/C16H24FN3O/c1-2-3-4-9-18-16(21)20-12-10-19(11-13-20)15-7-5-14(17)6-8-15/h5-8H,2-4,9-13H2,1H3,(H,18,21). The van der Waals surface area contributed by atoms with Gasteiger partial charge in [-0.15, -0.1) is 0 Å². The molecule has 0 aromatic heterocycles. The van der Waals surface area contributed by atoms with Gasteiger partial charge in [-0.2, -0.15) is 0 Å². The number of halogens is 1. The number of piperazine rings is 1. The first kappa shape index (κ1) is 15.6. The van der Waals surface area contributed by atoms with E-state index in [1.165, 1.54) is 12.1 Å². The molecule has 1 aliphatic heterocycles. The lowest BCUT2D eigenvalue weighted by atomic mass is 10.2. The maximum absolute atomic E-state index is 12.9. The Hall–Kier alpha value is -1.78. The molecule has 4 nitrogen and oxygen atoms in total. The van der Waals surface area contributed by atoms with Crippen LogP contribution in [-0.2, 0) is 0 Å². The van der Waals surface area contributed by atoms with E-state index in [2.05, 4.69) is 17.1 Å². The van der Waals surface area contributed by atoms with E-state index in [1.807, 2.05) is 4.90 Å². The van der Waals surface area contributed by atoms with Gasteiger partial charge in [0, 0.05) is 38.4 Å². The molecule has 0 saturated carbocycles. The zero-order valence-electron chi connectivity index (χ0n) is 12.6. The third kappa shape index (κ3) is 4.62. The number of urea groups is 1. The van der Waals surface area contributed by atoms with Crippen molar-refractivity contribution in [2.24, 2.45) is 0 Å². The molecular weight excluding hydrogens is 269 g/mol.